The Morgan fingerprint density at radius 2 is 2.18 bits per heavy atom. The van der Waals surface area contributed by atoms with Crippen LogP contribution in [0.5, 0.6) is 0 Å². The van der Waals surface area contributed by atoms with E-state index in [4.69, 9.17) is 10.6 Å². The highest BCUT2D eigenvalue weighted by atomic mass is 16.5. The van der Waals surface area contributed by atoms with Crippen molar-refractivity contribution in [3.8, 4) is 0 Å². The molecule has 0 aromatic heterocycles. The molecular weight excluding hydrogens is 212 g/mol. The number of rotatable bonds is 5. The Hall–Kier alpha value is -0.900. The number of hydrogen-bond donors (Lipinski definition) is 2. The van der Waals surface area contributed by atoms with E-state index in [1.807, 2.05) is 0 Å². The second kappa shape index (κ2) is 6.15. The van der Waals surface area contributed by atoms with E-state index in [1.54, 1.807) is 0 Å². The van der Waals surface area contributed by atoms with Crippen LogP contribution in [0.4, 0.5) is 0 Å². The number of hydrogen-bond acceptors (Lipinski definition) is 3. The van der Waals surface area contributed by atoms with Gasteiger partial charge < -0.3 is 4.74 Å². The minimum atomic E-state index is 0.198. The van der Waals surface area contributed by atoms with Gasteiger partial charge in [0.25, 0.3) is 0 Å². The third kappa shape index (κ3) is 3.28. The molecule has 94 valence electrons. The van der Waals surface area contributed by atoms with E-state index in [-0.39, 0.29) is 6.04 Å². The zero-order valence-corrected chi connectivity index (χ0v) is 10.5. The number of nitrogens with two attached hydrogens (primary N) is 1. The molecule has 1 aromatic rings. The number of nitrogens with one attached hydrogen (secondary N) is 1. The van der Waals surface area contributed by atoms with Crippen molar-refractivity contribution in [1.82, 2.24) is 5.43 Å². The molecule has 2 atom stereocenters. The zero-order chi connectivity index (χ0) is 12.1. The largest absolute Gasteiger partial charge is 0.378 e. The van der Waals surface area contributed by atoms with Crippen LogP contribution < -0.4 is 11.3 Å². The van der Waals surface area contributed by atoms with E-state index in [2.05, 4.69) is 36.6 Å². The fourth-order valence-corrected chi connectivity index (χ4v) is 2.38. The van der Waals surface area contributed by atoms with E-state index < -0.39 is 0 Å². The summed E-state index contributed by atoms with van der Waals surface area (Å²) < 4.78 is 5.66. The molecule has 0 amide bonds. The smallest absolute Gasteiger partial charge is 0.0594 e. The third-order valence-electron chi connectivity index (χ3n) is 3.51. The molecule has 1 fully saturated rings. The summed E-state index contributed by atoms with van der Waals surface area (Å²) in [6.45, 7) is 3.07. The summed E-state index contributed by atoms with van der Waals surface area (Å²) in [5.74, 6) is 5.65. The molecule has 1 saturated heterocycles. The Bertz CT molecular complexity index is 331. The molecule has 2 unspecified atom stereocenters. The first-order valence-corrected chi connectivity index (χ1v) is 6.50. The lowest BCUT2D eigenvalue weighted by molar-refractivity contribution is 0.0946. The number of benzene rings is 1. The molecule has 0 spiro atoms. The molecule has 0 radical (unpaired) electrons. The molecule has 3 N–H and O–H groups in total. The Balaban J connectivity index is 2.00. The van der Waals surface area contributed by atoms with Gasteiger partial charge in [-0.1, -0.05) is 31.2 Å². The van der Waals surface area contributed by atoms with Gasteiger partial charge in [-0.2, -0.15) is 0 Å². The average molecular weight is 234 g/mol. The predicted molar refractivity (Wildman–Crippen MR) is 69.5 cm³/mol. The van der Waals surface area contributed by atoms with E-state index in [0.717, 1.165) is 25.9 Å². The quantitative estimate of drug-likeness (QED) is 0.607. The summed E-state index contributed by atoms with van der Waals surface area (Å²) in [5.41, 5.74) is 5.52. The van der Waals surface area contributed by atoms with Crippen molar-refractivity contribution in [1.29, 1.82) is 0 Å². The minimum absolute atomic E-state index is 0.198. The average Bonchev–Trinajstić information content (AvgIpc) is 2.89. The van der Waals surface area contributed by atoms with Gasteiger partial charge in [0.2, 0.25) is 0 Å². The van der Waals surface area contributed by atoms with Gasteiger partial charge in [-0.3, -0.25) is 11.3 Å². The van der Waals surface area contributed by atoms with Crippen molar-refractivity contribution < 1.29 is 4.74 Å². The van der Waals surface area contributed by atoms with Crippen molar-refractivity contribution in [2.24, 2.45) is 5.84 Å². The van der Waals surface area contributed by atoms with Crippen LogP contribution in [0, 0.1) is 0 Å². The Labute approximate surface area is 103 Å². The highest BCUT2D eigenvalue weighted by molar-refractivity contribution is 5.25. The van der Waals surface area contributed by atoms with Gasteiger partial charge in [-0.25, -0.2) is 0 Å². The molecule has 3 nitrogen and oxygen atoms in total. The Morgan fingerprint density at radius 3 is 2.71 bits per heavy atom. The molecule has 1 aromatic carbocycles. The van der Waals surface area contributed by atoms with Gasteiger partial charge in [0.05, 0.1) is 6.10 Å². The lowest BCUT2D eigenvalue weighted by Crippen LogP contribution is -2.30. The molecule has 1 heterocycles. The molecule has 1 aliphatic rings. The first kappa shape index (κ1) is 12.6. The second-order valence-electron chi connectivity index (χ2n) is 4.69. The fraction of sp³-hybridized carbons (Fsp3) is 0.571. The lowest BCUT2D eigenvalue weighted by atomic mass is 9.98. The summed E-state index contributed by atoms with van der Waals surface area (Å²) in [5, 5.41) is 0. The predicted octanol–water partition coefficient (Wildman–Crippen LogP) is 2.32. The van der Waals surface area contributed by atoms with Crippen LogP contribution in [0.15, 0.2) is 24.3 Å². The van der Waals surface area contributed by atoms with Crippen molar-refractivity contribution >= 4 is 0 Å². The van der Waals surface area contributed by atoms with Crippen molar-refractivity contribution in [2.45, 2.75) is 44.8 Å². The SMILES string of the molecule is CCc1ccc(C(CC2CCCO2)NN)cc1. The molecular formula is C14H22N2O. The monoisotopic (exact) mass is 234 g/mol. The molecule has 17 heavy (non-hydrogen) atoms. The van der Waals surface area contributed by atoms with Crippen LogP contribution in [0.25, 0.3) is 0 Å². The molecule has 0 bridgehead atoms. The molecule has 0 aliphatic carbocycles. The van der Waals surface area contributed by atoms with Gasteiger partial charge in [0, 0.05) is 12.6 Å². The topological polar surface area (TPSA) is 47.3 Å². The first-order valence-electron chi connectivity index (χ1n) is 6.50. The summed E-state index contributed by atoms with van der Waals surface area (Å²) in [6, 6.07) is 8.88. The maximum atomic E-state index is 5.66. The highest BCUT2D eigenvalue weighted by Crippen LogP contribution is 2.24. The van der Waals surface area contributed by atoms with Crippen LogP contribution >= 0.6 is 0 Å². The van der Waals surface area contributed by atoms with Gasteiger partial charge in [0.15, 0.2) is 0 Å². The maximum absolute atomic E-state index is 5.66. The molecule has 0 saturated carbocycles. The van der Waals surface area contributed by atoms with Crippen LogP contribution in [0.1, 0.15) is 43.4 Å². The number of hydrazine groups is 1. The second-order valence-corrected chi connectivity index (χ2v) is 4.69. The van der Waals surface area contributed by atoms with E-state index in [1.165, 1.54) is 17.5 Å². The number of ether oxygens (including phenoxy) is 1. The Morgan fingerprint density at radius 1 is 1.41 bits per heavy atom. The van der Waals surface area contributed by atoms with E-state index >= 15 is 0 Å². The standard InChI is InChI=1S/C14H22N2O/c1-2-11-5-7-12(8-6-11)14(16-15)10-13-4-3-9-17-13/h5-8,13-14,16H,2-4,9-10,15H2,1H3. The normalized spacial score (nSPS) is 21.6. The van der Waals surface area contributed by atoms with Gasteiger partial charge in [-0.15, -0.1) is 0 Å². The first-order chi connectivity index (χ1) is 8.33. The molecule has 1 aliphatic heterocycles. The lowest BCUT2D eigenvalue weighted by Gasteiger charge is -2.20. The van der Waals surface area contributed by atoms with Crippen LogP contribution in [0.2, 0.25) is 0 Å². The molecule has 2 rings (SSSR count). The highest BCUT2D eigenvalue weighted by Gasteiger charge is 2.21. The van der Waals surface area contributed by atoms with Gasteiger partial charge >= 0.3 is 0 Å². The minimum Gasteiger partial charge on any atom is -0.378 e. The Kier molecular flexibility index (Phi) is 4.54. The van der Waals surface area contributed by atoms with Crippen molar-refractivity contribution in [2.75, 3.05) is 6.61 Å². The van der Waals surface area contributed by atoms with Crippen LogP contribution in [0.3, 0.4) is 0 Å². The summed E-state index contributed by atoms with van der Waals surface area (Å²) in [7, 11) is 0. The van der Waals surface area contributed by atoms with Gasteiger partial charge in [0.1, 0.15) is 0 Å². The van der Waals surface area contributed by atoms with Crippen molar-refractivity contribution in [3.05, 3.63) is 35.4 Å². The fourth-order valence-electron chi connectivity index (χ4n) is 2.38. The zero-order valence-electron chi connectivity index (χ0n) is 10.5. The third-order valence-corrected chi connectivity index (χ3v) is 3.51. The summed E-state index contributed by atoms with van der Waals surface area (Å²) in [4.78, 5) is 0. The molecule has 3 heteroatoms. The van der Waals surface area contributed by atoms with Crippen LogP contribution in [-0.2, 0) is 11.2 Å². The summed E-state index contributed by atoms with van der Waals surface area (Å²) in [6.07, 6.45) is 4.73. The van der Waals surface area contributed by atoms with Crippen LogP contribution in [-0.4, -0.2) is 12.7 Å². The summed E-state index contributed by atoms with van der Waals surface area (Å²) >= 11 is 0. The number of aryl methyl sites for hydroxylation is 1. The van der Waals surface area contributed by atoms with E-state index in [9.17, 15) is 0 Å². The maximum Gasteiger partial charge on any atom is 0.0594 e. The van der Waals surface area contributed by atoms with Gasteiger partial charge in [-0.05, 0) is 36.8 Å². The van der Waals surface area contributed by atoms with E-state index in [0.29, 0.717) is 6.10 Å². The van der Waals surface area contributed by atoms with Crippen molar-refractivity contribution in [3.63, 3.8) is 0 Å².